The number of halogens is 6. The summed E-state index contributed by atoms with van der Waals surface area (Å²) in [6.45, 7) is -1.46. The molecule has 2 aromatic rings. The molecule has 0 aliphatic carbocycles. The van der Waals surface area contributed by atoms with Gasteiger partial charge in [0, 0.05) is 0 Å². The van der Waals surface area contributed by atoms with Crippen molar-refractivity contribution in [2.45, 2.75) is 25.3 Å². The van der Waals surface area contributed by atoms with Crippen LogP contribution in [0.1, 0.15) is 29.1 Å². The number of nitrogens with one attached hydrogen (secondary N) is 1. The number of hydrogen-bond donors (Lipinski definition) is 1. The SMILES string of the molecule is CC(NC(=O)c1ccc(OCC(F)(F)F)cn1)c1cnc(OCC(F)(F)F)cn1. The van der Waals surface area contributed by atoms with Gasteiger partial charge in [-0.15, -0.1) is 0 Å². The summed E-state index contributed by atoms with van der Waals surface area (Å²) < 4.78 is 81.5. The summed E-state index contributed by atoms with van der Waals surface area (Å²) in [7, 11) is 0. The molecule has 29 heavy (non-hydrogen) atoms. The number of alkyl halides is 6. The van der Waals surface area contributed by atoms with Crippen LogP contribution in [-0.4, -0.2) is 46.4 Å². The molecule has 0 radical (unpaired) electrons. The quantitative estimate of drug-likeness (QED) is 0.687. The Hall–Kier alpha value is -3.12. The second-order valence-corrected chi connectivity index (χ2v) is 5.66. The molecular formula is C16H14F6N4O3. The normalized spacial score (nSPS) is 12.9. The van der Waals surface area contributed by atoms with Gasteiger partial charge in [0.2, 0.25) is 5.88 Å². The Balaban J connectivity index is 1.91. The van der Waals surface area contributed by atoms with Crippen molar-refractivity contribution in [1.29, 1.82) is 0 Å². The highest BCUT2D eigenvalue weighted by Crippen LogP contribution is 2.19. The molecule has 0 bridgehead atoms. The van der Waals surface area contributed by atoms with E-state index in [9.17, 15) is 31.1 Å². The van der Waals surface area contributed by atoms with E-state index >= 15 is 0 Å². The second-order valence-electron chi connectivity index (χ2n) is 5.66. The minimum Gasteiger partial charge on any atom is -0.483 e. The van der Waals surface area contributed by atoms with E-state index in [2.05, 4.69) is 29.7 Å². The number of ether oxygens (including phenoxy) is 2. The van der Waals surface area contributed by atoms with Crippen LogP contribution in [0, 0.1) is 0 Å². The smallest absolute Gasteiger partial charge is 0.422 e. The molecule has 2 aromatic heterocycles. The van der Waals surface area contributed by atoms with E-state index in [4.69, 9.17) is 0 Å². The maximum atomic E-state index is 12.1. The highest BCUT2D eigenvalue weighted by atomic mass is 19.4. The molecule has 0 aliphatic rings. The zero-order valence-corrected chi connectivity index (χ0v) is 14.7. The predicted octanol–water partition coefficient (Wildman–Crippen LogP) is 3.24. The Morgan fingerprint density at radius 1 is 0.966 bits per heavy atom. The lowest BCUT2D eigenvalue weighted by Gasteiger charge is -2.14. The highest BCUT2D eigenvalue weighted by molar-refractivity contribution is 5.92. The van der Waals surface area contributed by atoms with E-state index in [1.54, 1.807) is 6.92 Å². The van der Waals surface area contributed by atoms with Crippen molar-refractivity contribution in [3.63, 3.8) is 0 Å². The van der Waals surface area contributed by atoms with Gasteiger partial charge in [0.1, 0.15) is 11.4 Å². The van der Waals surface area contributed by atoms with Crippen molar-refractivity contribution in [1.82, 2.24) is 20.3 Å². The van der Waals surface area contributed by atoms with Crippen LogP contribution < -0.4 is 14.8 Å². The molecule has 1 unspecified atom stereocenters. The third-order valence-corrected chi connectivity index (χ3v) is 3.19. The number of rotatable bonds is 7. The van der Waals surface area contributed by atoms with Gasteiger partial charge in [0.25, 0.3) is 5.91 Å². The van der Waals surface area contributed by atoms with Crippen LogP contribution in [0.4, 0.5) is 26.3 Å². The Morgan fingerprint density at radius 2 is 1.62 bits per heavy atom. The maximum Gasteiger partial charge on any atom is 0.422 e. The van der Waals surface area contributed by atoms with Crippen molar-refractivity contribution in [3.05, 3.63) is 42.1 Å². The van der Waals surface area contributed by atoms with Gasteiger partial charge in [-0.2, -0.15) is 26.3 Å². The van der Waals surface area contributed by atoms with E-state index in [1.807, 2.05) is 0 Å². The Labute approximate surface area is 160 Å². The summed E-state index contributed by atoms with van der Waals surface area (Å²) in [4.78, 5) is 23.4. The monoisotopic (exact) mass is 424 g/mol. The first-order valence-corrected chi connectivity index (χ1v) is 7.91. The van der Waals surface area contributed by atoms with Gasteiger partial charge in [-0.3, -0.25) is 9.78 Å². The molecule has 0 fully saturated rings. The molecule has 1 N–H and O–H groups in total. The number of hydrogen-bond acceptors (Lipinski definition) is 6. The van der Waals surface area contributed by atoms with Crippen molar-refractivity contribution in [2.24, 2.45) is 0 Å². The minimum absolute atomic E-state index is 0.0886. The van der Waals surface area contributed by atoms with Crippen LogP contribution in [0.15, 0.2) is 30.7 Å². The number of carbonyl (C=O) groups excluding carboxylic acids is 1. The molecule has 0 aliphatic heterocycles. The molecule has 1 atom stereocenters. The van der Waals surface area contributed by atoms with Crippen LogP contribution >= 0.6 is 0 Å². The van der Waals surface area contributed by atoms with Crippen molar-refractivity contribution in [3.8, 4) is 11.6 Å². The van der Waals surface area contributed by atoms with E-state index in [-0.39, 0.29) is 23.0 Å². The third kappa shape index (κ3) is 7.79. The Morgan fingerprint density at radius 3 is 2.14 bits per heavy atom. The lowest BCUT2D eigenvalue weighted by Crippen LogP contribution is -2.28. The fourth-order valence-electron chi connectivity index (χ4n) is 1.89. The van der Waals surface area contributed by atoms with Crippen molar-refractivity contribution >= 4 is 5.91 Å². The summed E-state index contributed by atoms with van der Waals surface area (Å²) in [5.74, 6) is -1.15. The van der Waals surface area contributed by atoms with Gasteiger partial charge in [-0.05, 0) is 19.1 Å². The maximum absolute atomic E-state index is 12.1. The topological polar surface area (TPSA) is 86.2 Å². The number of pyridine rings is 1. The molecule has 13 heteroatoms. The molecule has 7 nitrogen and oxygen atoms in total. The molecule has 158 valence electrons. The van der Waals surface area contributed by atoms with Gasteiger partial charge in [-0.25, -0.2) is 9.97 Å². The van der Waals surface area contributed by atoms with Gasteiger partial charge in [0.05, 0.1) is 30.3 Å². The molecular weight excluding hydrogens is 410 g/mol. The number of carbonyl (C=O) groups is 1. The Kier molecular flexibility index (Phi) is 6.82. The standard InChI is InChI=1S/C16H14F6N4O3/c1-9(12-5-25-13(6-24-12)29-8-16(20,21)22)26-14(27)11-3-2-10(4-23-11)28-7-15(17,18)19/h2-6,9H,7-8H2,1H3,(H,26,27). The summed E-state index contributed by atoms with van der Waals surface area (Å²) in [6, 6.07) is 1.65. The molecule has 2 rings (SSSR count). The number of nitrogens with zero attached hydrogens (tertiary/aromatic N) is 3. The average molecular weight is 424 g/mol. The first-order valence-electron chi connectivity index (χ1n) is 7.91. The van der Waals surface area contributed by atoms with Crippen LogP contribution in [0.25, 0.3) is 0 Å². The van der Waals surface area contributed by atoms with Crippen molar-refractivity contribution < 1.29 is 40.6 Å². The molecule has 0 aromatic carbocycles. The van der Waals surface area contributed by atoms with Crippen LogP contribution in [0.3, 0.4) is 0 Å². The van der Waals surface area contributed by atoms with Gasteiger partial charge >= 0.3 is 12.4 Å². The lowest BCUT2D eigenvalue weighted by molar-refractivity contribution is -0.154. The van der Waals surface area contributed by atoms with Crippen LogP contribution in [-0.2, 0) is 0 Å². The first kappa shape index (κ1) is 22.2. The largest absolute Gasteiger partial charge is 0.483 e. The van der Waals surface area contributed by atoms with Crippen LogP contribution in [0.5, 0.6) is 11.6 Å². The third-order valence-electron chi connectivity index (χ3n) is 3.19. The van der Waals surface area contributed by atoms with E-state index < -0.39 is 37.5 Å². The number of aromatic nitrogens is 3. The lowest BCUT2D eigenvalue weighted by atomic mass is 10.2. The predicted molar refractivity (Wildman–Crippen MR) is 85.3 cm³/mol. The zero-order valence-electron chi connectivity index (χ0n) is 14.7. The first-order chi connectivity index (χ1) is 13.4. The average Bonchev–Trinajstić information content (AvgIpc) is 2.64. The van der Waals surface area contributed by atoms with E-state index in [0.29, 0.717) is 0 Å². The molecule has 1 amide bonds. The highest BCUT2D eigenvalue weighted by Gasteiger charge is 2.29. The van der Waals surface area contributed by atoms with Gasteiger partial charge in [-0.1, -0.05) is 0 Å². The van der Waals surface area contributed by atoms with Crippen molar-refractivity contribution in [2.75, 3.05) is 13.2 Å². The summed E-state index contributed by atoms with van der Waals surface area (Å²) in [5, 5.41) is 2.52. The van der Waals surface area contributed by atoms with E-state index in [1.165, 1.54) is 6.07 Å². The van der Waals surface area contributed by atoms with Gasteiger partial charge in [0.15, 0.2) is 13.2 Å². The van der Waals surface area contributed by atoms with E-state index in [0.717, 1.165) is 24.7 Å². The number of amides is 1. The summed E-state index contributed by atoms with van der Waals surface area (Å²) in [5.41, 5.74) is 0.150. The van der Waals surface area contributed by atoms with Crippen LogP contribution in [0.2, 0.25) is 0 Å². The molecule has 0 saturated carbocycles. The summed E-state index contributed by atoms with van der Waals surface area (Å²) >= 11 is 0. The molecule has 2 heterocycles. The fraction of sp³-hybridized carbons (Fsp3) is 0.375. The zero-order chi connectivity index (χ0) is 21.7. The van der Waals surface area contributed by atoms with Gasteiger partial charge < -0.3 is 14.8 Å². The fourth-order valence-corrected chi connectivity index (χ4v) is 1.89. The molecule has 0 spiro atoms. The Bertz CT molecular complexity index is 809. The summed E-state index contributed by atoms with van der Waals surface area (Å²) in [6.07, 6.45) is -5.92. The molecule has 0 saturated heterocycles. The minimum atomic E-state index is -4.51. The second kappa shape index (κ2) is 8.92.